The van der Waals surface area contributed by atoms with Crippen molar-refractivity contribution < 1.29 is 17.9 Å². The lowest BCUT2D eigenvalue weighted by molar-refractivity contribution is -0.139. The van der Waals surface area contributed by atoms with Crippen LogP contribution in [-0.4, -0.2) is 26.9 Å². The molecule has 0 aliphatic rings. The van der Waals surface area contributed by atoms with Crippen LogP contribution in [0.1, 0.15) is 11.1 Å². The third kappa shape index (κ3) is 3.09. The van der Waals surface area contributed by atoms with Gasteiger partial charge in [-0.3, -0.25) is 4.79 Å². The smallest absolute Gasteiger partial charge is 0.417 e. The molecule has 0 aliphatic carbocycles. The van der Waals surface area contributed by atoms with Crippen molar-refractivity contribution in [3.05, 3.63) is 57.9 Å². The molecule has 0 spiro atoms. The van der Waals surface area contributed by atoms with Crippen LogP contribution in [-0.2, 0) is 6.18 Å². The number of aromatic amines is 1. The highest BCUT2D eigenvalue weighted by Gasteiger charge is 2.34. The van der Waals surface area contributed by atoms with Gasteiger partial charge >= 0.3 is 6.18 Å². The van der Waals surface area contributed by atoms with Crippen LogP contribution in [0, 0.1) is 6.92 Å². The summed E-state index contributed by atoms with van der Waals surface area (Å²) in [7, 11) is 1.49. The van der Waals surface area contributed by atoms with Crippen LogP contribution in [0.4, 0.5) is 13.2 Å². The summed E-state index contributed by atoms with van der Waals surface area (Å²) in [6.07, 6.45) is -4.51. The molecule has 2 aromatic heterocycles. The summed E-state index contributed by atoms with van der Waals surface area (Å²) < 4.78 is 46.8. The fourth-order valence-electron chi connectivity index (χ4n) is 2.84. The van der Waals surface area contributed by atoms with Gasteiger partial charge in [-0.15, -0.1) is 5.10 Å². The molecule has 6 nitrogen and oxygen atoms in total. The topological polar surface area (TPSA) is 72.3 Å². The number of aromatic nitrogens is 4. The molecule has 0 saturated heterocycles. The molecular formula is C18H13F3N4O2S. The first-order valence-electron chi connectivity index (χ1n) is 8.08. The number of ether oxygens (including phenoxy) is 1. The van der Waals surface area contributed by atoms with Gasteiger partial charge in [0.25, 0.3) is 5.56 Å². The summed E-state index contributed by atoms with van der Waals surface area (Å²) in [5.74, 6) is 0.522. The first kappa shape index (κ1) is 18.4. The van der Waals surface area contributed by atoms with Crippen molar-refractivity contribution in [1.82, 2.24) is 19.8 Å². The van der Waals surface area contributed by atoms with Gasteiger partial charge in [0.1, 0.15) is 5.75 Å². The Labute approximate surface area is 160 Å². The Bertz CT molecular complexity index is 1260. The standard InChI is InChI=1S/C18H13F3N4O2S/c1-9-3-6-14(12(7-9)18(19,20)21)28-17-15-22-16(26)11-5-4-10(27-2)8-13(11)25(15)24-23-17/h3-8,24H,1-2H3. The van der Waals surface area contributed by atoms with Crippen LogP contribution in [0.2, 0.25) is 0 Å². The number of benzene rings is 2. The molecule has 2 aromatic carbocycles. The van der Waals surface area contributed by atoms with E-state index >= 15 is 0 Å². The third-order valence-corrected chi connectivity index (χ3v) is 5.23. The van der Waals surface area contributed by atoms with Gasteiger partial charge in [-0.1, -0.05) is 23.4 Å². The minimum Gasteiger partial charge on any atom is -0.497 e. The maximum absolute atomic E-state index is 13.4. The van der Waals surface area contributed by atoms with Crippen LogP contribution in [0.3, 0.4) is 0 Å². The Hall–Kier alpha value is -3.01. The number of nitrogens with one attached hydrogen (secondary N) is 1. The largest absolute Gasteiger partial charge is 0.497 e. The van der Waals surface area contributed by atoms with E-state index < -0.39 is 17.3 Å². The number of rotatable bonds is 3. The molecule has 0 saturated carbocycles. The van der Waals surface area contributed by atoms with Gasteiger partial charge in [0.05, 0.1) is 23.6 Å². The molecule has 1 N–H and O–H groups in total. The average Bonchev–Trinajstić information content (AvgIpc) is 3.05. The number of aryl methyl sites for hydroxylation is 1. The van der Waals surface area contributed by atoms with E-state index in [1.54, 1.807) is 31.2 Å². The molecule has 4 aromatic rings. The van der Waals surface area contributed by atoms with Crippen molar-refractivity contribution in [2.75, 3.05) is 7.11 Å². The fraction of sp³-hybridized carbons (Fsp3) is 0.167. The summed E-state index contributed by atoms with van der Waals surface area (Å²) in [6.45, 7) is 1.59. The minimum atomic E-state index is -4.51. The van der Waals surface area contributed by atoms with E-state index in [-0.39, 0.29) is 15.6 Å². The number of nitrogens with zero attached hydrogens (tertiary/aromatic N) is 3. The maximum atomic E-state index is 13.4. The van der Waals surface area contributed by atoms with E-state index in [0.717, 1.165) is 17.8 Å². The molecule has 0 radical (unpaired) electrons. The molecule has 0 aliphatic heterocycles. The van der Waals surface area contributed by atoms with Crippen molar-refractivity contribution in [2.45, 2.75) is 23.0 Å². The van der Waals surface area contributed by atoms with Gasteiger partial charge in [0, 0.05) is 11.0 Å². The van der Waals surface area contributed by atoms with Crippen molar-refractivity contribution >= 4 is 28.3 Å². The maximum Gasteiger partial charge on any atom is 0.417 e. The molecule has 4 rings (SSSR count). The molecule has 144 valence electrons. The Morgan fingerprint density at radius 1 is 1.18 bits per heavy atom. The predicted molar refractivity (Wildman–Crippen MR) is 98.0 cm³/mol. The summed E-state index contributed by atoms with van der Waals surface area (Å²) in [5, 5.41) is 7.28. The Balaban J connectivity index is 1.89. The lowest BCUT2D eigenvalue weighted by Gasteiger charge is -2.12. The molecule has 0 atom stereocenters. The summed E-state index contributed by atoms with van der Waals surface area (Å²) in [6, 6.07) is 8.89. The van der Waals surface area contributed by atoms with E-state index in [9.17, 15) is 18.0 Å². The van der Waals surface area contributed by atoms with Crippen molar-refractivity contribution in [3.8, 4) is 5.75 Å². The lowest BCUT2D eigenvalue weighted by atomic mass is 10.1. The van der Waals surface area contributed by atoms with Gasteiger partial charge < -0.3 is 4.74 Å². The molecule has 0 bridgehead atoms. The zero-order valence-electron chi connectivity index (χ0n) is 14.7. The number of hydrogen-bond acceptors (Lipinski definition) is 5. The second kappa shape index (κ2) is 6.55. The molecule has 28 heavy (non-hydrogen) atoms. The van der Waals surface area contributed by atoms with Crippen LogP contribution < -0.4 is 10.3 Å². The quantitative estimate of drug-likeness (QED) is 0.556. The number of hydrogen-bond donors (Lipinski definition) is 1. The van der Waals surface area contributed by atoms with Gasteiger partial charge in [0.2, 0.25) is 0 Å². The second-order valence-electron chi connectivity index (χ2n) is 6.08. The molecule has 0 unspecified atom stereocenters. The minimum absolute atomic E-state index is 0.0212. The Kier molecular flexibility index (Phi) is 4.30. The Morgan fingerprint density at radius 2 is 1.96 bits per heavy atom. The predicted octanol–water partition coefficient (Wildman–Crippen LogP) is 4.06. The molecule has 0 amide bonds. The lowest BCUT2D eigenvalue weighted by Crippen LogP contribution is -2.10. The zero-order valence-corrected chi connectivity index (χ0v) is 15.5. The van der Waals surface area contributed by atoms with E-state index in [0.29, 0.717) is 22.2 Å². The van der Waals surface area contributed by atoms with Gasteiger partial charge in [0.15, 0.2) is 10.7 Å². The van der Waals surface area contributed by atoms with Crippen LogP contribution >= 0.6 is 11.8 Å². The highest BCUT2D eigenvalue weighted by Crippen LogP contribution is 2.40. The molecular weight excluding hydrogens is 393 g/mol. The van der Waals surface area contributed by atoms with Gasteiger partial charge in [-0.2, -0.15) is 18.2 Å². The molecule has 0 fully saturated rings. The summed E-state index contributed by atoms with van der Waals surface area (Å²) in [5.41, 5.74) is -0.154. The molecule has 10 heteroatoms. The van der Waals surface area contributed by atoms with Gasteiger partial charge in [-0.25, -0.2) is 9.73 Å². The number of fused-ring (bicyclic) bond motifs is 3. The number of alkyl halides is 3. The average molecular weight is 406 g/mol. The second-order valence-corrected chi connectivity index (χ2v) is 7.11. The monoisotopic (exact) mass is 406 g/mol. The SMILES string of the molecule is COc1ccc2c(=O)nc3c(Sc4ccc(C)cc4C(F)(F)F)n[nH]n3c2c1. The Morgan fingerprint density at radius 3 is 2.68 bits per heavy atom. The van der Waals surface area contributed by atoms with Crippen LogP contribution in [0.15, 0.2) is 51.1 Å². The van der Waals surface area contributed by atoms with E-state index in [1.165, 1.54) is 17.7 Å². The molecule has 2 heterocycles. The zero-order chi connectivity index (χ0) is 20.1. The van der Waals surface area contributed by atoms with Crippen molar-refractivity contribution in [2.24, 2.45) is 0 Å². The first-order valence-corrected chi connectivity index (χ1v) is 8.90. The van der Waals surface area contributed by atoms with Crippen LogP contribution in [0.5, 0.6) is 5.75 Å². The van der Waals surface area contributed by atoms with E-state index in [1.807, 2.05) is 0 Å². The highest BCUT2D eigenvalue weighted by molar-refractivity contribution is 7.99. The van der Waals surface area contributed by atoms with Crippen molar-refractivity contribution in [1.29, 1.82) is 0 Å². The van der Waals surface area contributed by atoms with E-state index in [2.05, 4.69) is 15.3 Å². The summed E-state index contributed by atoms with van der Waals surface area (Å²) >= 11 is 0.797. The van der Waals surface area contributed by atoms with E-state index in [4.69, 9.17) is 4.74 Å². The number of H-pyrrole nitrogens is 1. The highest BCUT2D eigenvalue weighted by atomic mass is 32.2. The third-order valence-electron chi connectivity index (χ3n) is 4.19. The number of halogens is 3. The number of methoxy groups -OCH3 is 1. The normalized spacial score (nSPS) is 12.0. The first-order chi connectivity index (χ1) is 13.3. The summed E-state index contributed by atoms with van der Waals surface area (Å²) in [4.78, 5) is 16.3. The van der Waals surface area contributed by atoms with Gasteiger partial charge in [-0.05, 0) is 31.2 Å². The fourth-order valence-corrected chi connectivity index (χ4v) is 3.79. The van der Waals surface area contributed by atoms with Crippen molar-refractivity contribution in [3.63, 3.8) is 0 Å². The van der Waals surface area contributed by atoms with Crippen LogP contribution in [0.25, 0.3) is 16.6 Å².